The van der Waals surface area contributed by atoms with Crippen molar-refractivity contribution in [2.75, 3.05) is 24.7 Å². The Morgan fingerprint density at radius 3 is 2.03 bits per heavy atom. The summed E-state index contributed by atoms with van der Waals surface area (Å²) in [7, 11) is -1.14. The largest absolute Gasteiger partial charge is 0.490 e. The van der Waals surface area contributed by atoms with Crippen LogP contribution in [-0.4, -0.2) is 78.5 Å². The Morgan fingerprint density at radius 1 is 1.06 bits per heavy atom. The van der Waals surface area contributed by atoms with Crippen LogP contribution in [-0.2, 0) is 24.4 Å². The predicted molar refractivity (Wildman–Crippen MR) is 116 cm³/mol. The number of carboxylic acid groups (broad SMARTS) is 2. The molecule has 1 atom stereocenters. The highest BCUT2D eigenvalue weighted by atomic mass is 33.1. The van der Waals surface area contributed by atoms with Crippen LogP contribution in [0.25, 0.3) is 0 Å². The van der Waals surface area contributed by atoms with Gasteiger partial charge in [-0.3, -0.25) is 9.59 Å². The van der Waals surface area contributed by atoms with Gasteiger partial charge in [-0.05, 0) is 19.1 Å². The van der Waals surface area contributed by atoms with Crippen molar-refractivity contribution in [1.29, 1.82) is 0 Å². The summed E-state index contributed by atoms with van der Waals surface area (Å²) in [5, 5.41) is 27.5. The second-order valence-corrected chi connectivity index (χ2v) is 10.5. The fourth-order valence-corrected chi connectivity index (χ4v) is 4.81. The number of rotatable bonds is 12. The molecule has 0 bridgehead atoms. The van der Waals surface area contributed by atoms with Gasteiger partial charge < -0.3 is 20.6 Å². The van der Waals surface area contributed by atoms with Crippen molar-refractivity contribution in [2.24, 2.45) is 0 Å². The summed E-state index contributed by atoms with van der Waals surface area (Å²) in [5.74, 6) is -3.26. The van der Waals surface area contributed by atoms with Crippen LogP contribution in [0, 0.1) is 6.92 Å². The number of aliphatic hydroxyl groups excluding tert-OH is 1. The number of amides is 1. The zero-order valence-corrected chi connectivity index (χ0v) is 19.6. The number of benzene rings is 1. The minimum Gasteiger partial charge on any atom is -0.481 e. The SMILES string of the molecule is Cc1ccc(S(=O)(=O)N[C@@H](CO)C(=O)NCCSSCCC(=O)O)cc1.O=C(O)C(F)(F)F. The standard InChI is InChI=1S/C15H22N2O6S3.C2HF3O2/c1-11-2-4-12(5-3-11)26(22,23)17-13(10-18)15(21)16-7-9-25-24-8-6-14(19)20;3-2(4,5)1(6)7/h2-5,13,17-18H,6-10H2,1H3,(H,16,21)(H,19,20);(H,6,7)/t13-;/m0./s1. The molecule has 16 heteroatoms. The van der Waals surface area contributed by atoms with Crippen LogP contribution in [0.15, 0.2) is 29.2 Å². The van der Waals surface area contributed by atoms with Crippen LogP contribution >= 0.6 is 21.6 Å². The number of carboxylic acids is 2. The van der Waals surface area contributed by atoms with Crippen molar-refractivity contribution in [1.82, 2.24) is 10.0 Å². The Hall–Kier alpha value is -2.01. The number of aliphatic hydroxyl groups is 1. The molecule has 0 saturated carbocycles. The topological polar surface area (TPSA) is 170 Å². The Labute approximate surface area is 195 Å². The first-order valence-corrected chi connectivity index (χ1v) is 12.9. The van der Waals surface area contributed by atoms with Crippen molar-refractivity contribution in [3.63, 3.8) is 0 Å². The highest BCUT2D eigenvalue weighted by molar-refractivity contribution is 8.76. The molecule has 0 saturated heterocycles. The molecule has 33 heavy (non-hydrogen) atoms. The molecule has 10 nitrogen and oxygen atoms in total. The monoisotopic (exact) mass is 536 g/mol. The molecule has 1 rings (SSSR count). The first-order valence-electron chi connectivity index (χ1n) is 8.94. The molecule has 0 aliphatic rings. The molecule has 1 aromatic carbocycles. The quantitative estimate of drug-likeness (QED) is 0.193. The van der Waals surface area contributed by atoms with Crippen LogP contribution in [0.1, 0.15) is 12.0 Å². The van der Waals surface area contributed by atoms with Gasteiger partial charge in [0, 0.05) is 18.1 Å². The lowest BCUT2D eigenvalue weighted by Crippen LogP contribution is -2.49. The number of aryl methyl sites for hydroxylation is 1. The Balaban J connectivity index is 0.00000126. The van der Waals surface area contributed by atoms with E-state index in [-0.39, 0.29) is 17.9 Å². The number of carbonyl (C=O) groups excluding carboxylic acids is 1. The number of sulfonamides is 1. The van der Waals surface area contributed by atoms with E-state index < -0.39 is 46.7 Å². The molecule has 188 valence electrons. The van der Waals surface area contributed by atoms with Crippen LogP contribution in [0.4, 0.5) is 13.2 Å². The molecular formula is C17H23F3N2O8S3. The summed E-state index contributed by atoms with van der Waals surface area (Å²) >= 11 is 0. The normalized spacial score (nSPS) is 12.3. The van der Waals surface area contributed by atoms with E-state index in [1.165, 1.54) is 33.7 Å². The van der Waals surface area contributed by atoms with E-state index in [1.54, 1.807) is 12.1 Å². The van der Waals surface area contributed by atoms with E-state index in [9.17, 15) is 36.3 Å². The lowest BCUT2D eigenvalue weighted by Gasteiger charge is -2.16. The van der Waals surface area contributed by atoms with Gasteiger partial charge in [0.15, 0.2) is 0 Å². The fraction of sp³-hybridized carbons (Fsp3) is 0.471. The Morgan fingerprint density at radius 2 is 1.58 bits per heavy atom. The highest BCUT2D eigenvalue weighted by Crippen LogP contribution is 2.21. The zero-order chi connectivity index (χ0) is 25.7. The first kappa shape index (κ1) is 31.0. The first-order chi connectivity index (χ1) is 15.2. The van der Waals surface area contributed by atoms with Gasteiger partial charge in [0.2, 0.25) is 15.9 Å². The highest BCUT2D eigenvalue weighted by Gasteiger charge is 2.38. The van der Waals surface area contributed by atoms with Crippen molar-refractivity contribution in [2.45, 2.75) is 30.5 Å². The molecule has 5 N–H and O–H groups in total. The van der Waals surface area contributed by atoms with E-state index in [1.807, 2.05) is 6.92 Å². The summed E-state index contributed by atoms with van der Waals surface area (Å²) < 4.78 is 58.4. The number of alkyl halides is 3. The summed E-state index contributed by atoms with van der Waals surface area (Å²) in [6.45, 7) is 1.43. The van der Waals surface area contributed by atoms with Gasteiger partial charge in [-0.2, -0.15) is 17.9 Å². The zero-order valence-electron chi connectivity index (χ0n) is 17.2. The van der Waals surface area contributed by atoms with Crippen LogP contribution < -0.4 is 10.0 Å². The molecule has 1 aromatic rings. The number of carbonyl (C=O) groups is 3. The van der Waals surface area contributed by atoms with E-state index in [0.29, 0.717) is 11.5 Å². The summed E-state index contributed by atoms with van der Waals surface area (Å²) in [5.41, 5.74) is 0.902. The van der Waals surface area contributed by atoms with Crippen LogP contribution in [0.2, 0.25) is 0 Å². The number of hydrogen-bond acceptors (Lipinski definition) is 8. The summed E-state index contributed by atoms with van der Waals surface area (Å²) in [4.78, 5) is 31.3. The van der Waals surface area contributed by atoms with Gasteiger partial charge in [-0.15, -0.1) is 0 Å². The van der Waals surface area contributed by atoms with Gasteiger partial charge in [0.25, 0.3) is 0 Å². The lowest BCUT2D eigenvalue weighted by atomic mass is 10.2. The minimum absolute atomic E-state index is 0.0136. The third kappa shape index (κ3) is 14.0. The molecule has 0 fully saturated rings. The maximum absolute atomic E-state index is 12.3. The Bertz CT molecular complexity index is 880. The second kappa shape index (κ2) is 15.0. The van der Waals surface area contributed by atoms with Gasteiger partial charge >= 0.3 is 18.1 Å². The van der Waals surface area contributed by atoms with Gasteiger partial charge in [0.05, 0.1) is 17.9 Å². The van der Waals surface area contributed by atoms with E-state index in [4.69, 9.17) is 15.0 Å². The van der Waals surface area contributed by atoms with Gasteiger partial charge in [-0.1, -0.05) is 39.3 Å². The Kier molecular flexibility index (Phi) is 14.1. The second-order valence-electron chi connectivity index (χ2n) is 6.05. The maximum Gasteiger partial charge on any atom is 0.490 e. The van der Waals surface area contributed by atoms with E-state index >= 15 is 0 Å². The molecule has 0 aliphatic heterocycles. The molecule has 0 aliphatic carbocycles. The van der Waals surface area contributed by atoms with Crippen molar-refractivity contribution in [3.05, 3.63) is 29.8 Å². The number of halogens is 3. The molecular weight excluding hydrogens is 513 g/mol. The van der Waals surface area contributed by atoms with Crippen molar-refractivity contribution < 1.29 is 51.3 Å². The van der Waals surface area contributed by atoms with E-state index in [2.05, 4.69) is 10.0 Å². The van der Waals surface area contributed by atoms with Crippen molar-refractivity contribution >= 4 is 49.5 Å². The number of aliphatic carboxylic acids is 2. The average molecular weight is 537 g/mol. The third-order valence-corrected chi connectivity index (χ3v) is 7.23. The van der Waals surface area contributed by atoms with Gasteiger partial charge in [0.1, 0.15) is 6.04 Å². The van der Waals surface area contributed by atoms with Crippen molar-refractivity contribution in [3.8, 4) is 0 Å². The predicted octanol–water partition coefficient (Wildman–Crippen LogP) is 1.24. The molecule has 0 aromatic heterocycles. The van der Waals surface area contributed by atoms with Crippen LogP contribution in [0.3, 0.4) is 0 Å². The smallest absolute Gasteiger partial charge is 0.481 e. The average Bonchev–Trinajstić information content (AvgIpc) is 2.71. The summed E-state index contributed by atoms with van der Waals surface area (Å²) in [6.07, 6.45) is -5.02. The molecule has 1 amide bonds. The molecule has 0 spiro atoms. The number of nitrogens with one attached hydrogen (secondary N) is 2. The third-order valence-electron chi connectivity index (χ3n) is 3.34. The minimum atomic E-state index is -5.08. The number of hydrogen-bond donors (Lipinski definition) is 5. The fourth-order valence-electron chi connectivity index (χ4n) is 1.73. The molecule has 0 heterocycles. The van der Waals surface area contributed by atoms with Gasteiger partial charge in [-0.25, -0.2) is 13.2 Å². The molecule has 0 unspecified atom stereocenters. The van der Waals surface area contributed by atoms with E-state index in [0.717, 1.165) is 5.56 Å². The summed E-state index contributed by atoms with van der Waals surface area (Å²) in [6, 6.07) is 4.85. The molecule has 0 radical (unpaired) electrons. The van der Waals surface area contributed by atoms with Crippen LogP contribution in [0.5, 0.6) is 0 Å². The lowest BCUT2D eigenvalue weighted by molar-refractivity contribution is -0.192. The maximum atomic E-state index is 12.3.